The predicted molar refractivity (Wildman–Crippen MR) is 78.5 cm³/mol. The molecule has 1 spiro atoms. The van der Waals surface area contributed by atoms with Crippen molar-refractivity contribution in [2.75, 3.05) is 0 Å². The van der Waals surface area contributed by atoms with Crippen LogP contribution in [0.2, 0.25) is 0 Å². The summed E-state index contributed by atoms with van der Waals surface area (Å²) in [6.07, 6.45) is 9.52. The molecule has 3 aliphatic carbocycles. The average molecular weight is 286 g/mol. The van der Waals surface area contributed by atoms with Gasteiger partial charge in [0.15, 0.2) is 5.78 Å². The van der Waals surface area contributed by atoms with Crippen LogP contribution in [0.1, 0.15) is 52.4 Å². The molecule has 0 bridgehead atoms. The lowest BCUT2D eigenvalue weighted by molar-refractivity contribution is -0.156. The SMILES string of the molecule is CC1=C2C=CC3(C)C(CC[C@@]34CCC(=O)O4)C2CCC1=O. The molecule has 1 saturated carbocycles. The first-order valence-corrected chi connectivity index (χ1v) is 8.12. The molecule has 0 aromatic carbocycles. The van der Waals surface area contributed by atoms with Crippen LogP contribution < -0.4 is 0 Å². The molecule has 3 heteroatoms. The summed E-state index contributed by atoms with van der Waals surface area (Å²) in [7, 11) is 0. The van der Waals surface area contributed by atoms with Gasteiger partial charge < -0.3 is 4.74 Å². The van der Waals surface area contributed by atoms with Gasteiger partial charge in [-0.15, -0.1) is 0 Å². The zero-order chi connectivity index (χ0) is 14.8. The lowest BCUT2D eigenvalue weighted by atomic mass is 9.59. The maximum atomic E-state index is 12.0. The number of carbonyl (C=O) groups excluding carboxylic acids is 2. The highest BCUT2D eigenvalue weighted by atomic mass is 16.6. The second-order valence-corrected chi connectivity index (χ2v) is 7.38. The maximum Gasteiger partial charge on any atom is 0.306 e. The maximum absolute atomic E-state index is 12.0. The van der Waals surface area contributed by atoms with Crippen molar-refractivity contribution in [2.24, 2.45) is 17.3 Å². The standard InChI is InChI=1S/C18H22O3/c1-11-12-5-8-17(2)14(13(12)3-4-15(11)19)6-9-18(17)10-7-16(20)21-18/h5,8,13-14H,3-4,6-7,9-10H2,1-2H3/t13?,14?,17?,18-/m1/s1. The van der Waals surface area contributed by atoms with Gasteiger partial charge in [-0.25, -0.2) is 0 Å². The number of fused-ring (bicyclic) bond motifs is 4. The minimum atomic E-state index is -0.286. The molecule has 4 rings (SSSR count). The van der Waals surface area contributed by atoms with E-state index in [9.17, 15) is 9.59 Å². The molecule has 3 unspecified atom stereocenters. The van der Waals surface area contributed by atoms with Gasteiger partial charge in [0.05, 0.1) is 0 Å². The van der Waals surface area contributed by atoms with E-state index in [1.54, 1.807) is 0 Å². The van der Waals surface area contributed by atoms with Gasteiger partial charge in [0.2, 0.25) is 0 Å². The van der Waals surface area contributed by atoms with E-state index in [1.807, 2.05) is 6.92 Å². The fourth-order valence-corrected chi connectivity index (χ4v) is 5.37. The summed E-state index contributed by atoms with van der Waals surface area (Å²) in [6.45, 7) is 4.24. The molecule has 2 fully saturated rings. The van der Waals surface area contributed by atoms with Gasteiger partial charge in [-0.05, 0) is 55.6 Å². The summed E-state index contributed by atoms with van der Waals surface area (Å²) in [5.41, 5.74) is 1.85. The molecule has 1 heterocycles. The van der Waals surface area contributed by atoms with Crippen molar-refractivity contribution in [3.05, 3.63) is 23.3 Å². The van der Waals surface area contributed by atoms with E-state index in [4.69, 9.17) is 4.74 Å². The number of Topliss-reactive ketones (excluding diaryl/α,β-unsaturated/α-hetero) is 1. The van der Waals surface area contributed by atoms with Crippen LogP contribution in [-0.4, -0.2) is 17.4 Å². The third-order valence-electron chi connectivity index (χ3n) is 6.68. The summed E-state index contributed by atoms with van der Waals surface area (Å²) in [6, 6.07) is 0. The smallest absolute Gasteiger partial charge is 0.306 e. The van der Waals surface area contributed by atoms with Crippen molar-refractivity contribution in [3.63, 3.8) is 0 Å². The van der Waals surface area contributed by atoms with Gasteiger partial charge >= 0.3 is 5.97 Å². The second kappa shape index (κ2) is 4.08. The van der Waals surface area contributed by atoms with E-state index in [0.717, 1.165) is 31.3 Å². The number of hydrogen-bond acceptors (Lipinski definition) is 3. The number of hydrogen-bond donors (Lipinski definition) is 0. The molecule has 21 heavy (non-hydrogen) atoms. The fraction of sp³-hybridized carbons (Fsp3) is 0.667. The molecule has 0 amide bonds. The quantitative estimate of drug-likeness (QED) is 0.641. The molecule has 0 aromatic rings. The van der Waals surface area contributed by atoms with Crippen molar-refractivity contribution in [2.45, 2.75) is 58.0 Å². The van der Waals surface area contributed by atoms with Crippen LogP contribution in [0.15, 0.2) is 23.3 Å². The number of esters is 1. The first-order chi connectivity index (χ1) is 9.97. The van der Waals surface area contributed by atoms with Gasteiger partial charge in [-0.3, -0.25) is 9.59 Å². The average Bonchev–Trinajstić information content (AvgIpc) is 2.97. The first kappa shape index (κ1) is 13.3. The number of carbonyl (C=O) groups is 2. The van der Waals surface area contributed by atoms with E-state index in [1.165, 1.54) is 5.57 Å². The van der Waals surface area contributed by atoms with Crippen LogP contribution in [-0.2, 0) is 14.3 Å². The minimum absolute atomic E-state index is 0.0402. The largest absolute Gasteiger partial charge is 0.458 e. The third-order valence-corrected chi connectivity index (χ3v) is 6.68. The molecule has 1 saturated heterocycles. The van der Waals surface area contributed by atoms with Gasteiger partial charge in [-0.2, -0.15) is 0 Å². The van der Waals surface area contributed by atoms with Crippen molar-refractivity contribution < 1.29 is 14.3 Å². The van der Waals surface area contributed by atoms with E-state index < -0.39 is 0 Å². The lowest BCUT2D eigenvalue weighted by Gasteiger charge is -2.47. The van der Waals surface area contributed by atoms with Crippen LogP contribution in [0.25, 0.3) is 0 Å². The molecule has 0 radical (unpaired) electrons. The van der Waals surface area contributed by atoms with Gasteiger partial charge in [0.1, 0.15) is 5.60 Å². The summed E-state index contributed by atoms with van der Waals surface area (Å²) in [5, 5.41) is 0. The van der Waals surface area contributed by atoms with Gasteiger partial charge in [0, 0.05) is 18.3 Å². The summed E-state index contributed by atoms with van der Waals surface area (Å²) >= 11 is 0. The predicted octanol–water partition coefficient (Wildman–Crippen LogP) is 3.34. The van der Waals surface area contributed by atoms with Crippen molar-refractivity contribution in [3.8, 4) is 0 Å². The Morgan fingerprint density at radius 1 is 1.19 bits per heavy atom. The molecule has 112 valence electrons. The number of rotatable bonds is 0. The Balaban J connectivity index is 1.80. The summed E-state index contributed by atoms with van der Waals surface area (Å²) < 4.78 is 5.84. The van der Waals surface area contributed by atoms with Gasteiger partial charge in [-0.1, -0.05) is 19.1 Å². The molecule has 4 atom stereocenters. The molecule has 0 aromatic heterocycles. The molecule has 3 nitrogen and oxygen atoms in total. The van der Waals surface area contributed by atoms with Crippen molar-refractivity contribution in [1.29, 1.82) is 0 Å². The molecule has 0 N–H and O–H groups in total. The minimum Gasteiger partial charge on any atom is -0.458 e. The van der Waals surface area contributed by atoms with Gasteiger partial charge in [0.25, 0.3) is 0 Å². The Bertz CT molecular complexity index is 600. The third kappa shape index (κ3) is 1.55. The van der Waals surface area contributed by atoms with E-state index in [-0.39, 0.29) is 17.0 Å². The molecule has 4 aliphatic rings. The number of allylic oxidation sites excluding steroid dienone is 3. The highest BCUT2D eigenvalue weighted by molar-refractivity contribution is 5.97. The Morgan fingerprint density at radius 3 is 2.71 bits per heavy atom. The van der Waals surface area contributed by atoms with Crippen LogP contribution in [0.3, 0.4) is 0 Å². The summed E-state index contributed by atoms with van der Waals surface area (Å²) in [4.78, 5) is 23.7. The topological polar surface area (TPSA) is 43.4 Å². The van der Waals surface area contributed by atoms with Crippen molar-refractivity contribution in [1.82, 2.24) is 0 Å². The van der Waals surface area contributed by atoms with E-state index in [0.29, 0.717) is 30.5 Å². The van der Waals surface area contributed by atoms with E-state index >= 15 is 0 Å². The zero-order valence-electron chi connectivity index (χ0n) is 12.8. The van der Waals surface area contributed by atoms with Crippen LogP contribution >= 0.6 is 0 Å². The Morgan fingerprint density at radius 2 is 2.00 bits per heavy atom. The Labute approximate surface area is 125 Å². The molecule has 1 aliphatic heterocycles. The highest BCUT2D eigenvalue weighted by Gasteiger charge is 2.63. The van der Waals surface area contributed by atoms with E-state index in [2.05, 4.69) is 19.1 Å². The monoisotopic (exact) mass is 286 g/mol. The van der Waals surface area contributed by atoms with Crippen molar-refractivity contribution >= 4 is 11.8 Å². The highest BCUT2D eigenvalue weighted by Crippen LogP contribution is 2.63. The van der Waals surface area contributed by atoms with Crippen LogP contribution in [0.4, 0.5) is 0 Å². The second-order valence-electron chi connectivity index (χ2n) is 7.38. The Hall–Kier alpha value is -1.38. The lowest BCUT2D eigenvalue weighted by Crippen LogP contribution is -2.47. The zero-order valence-corrected chi connectivity index (χ0v) is 12.8. The fourth-order valence-electron chi connectivity index (χ4n) is 5.37. The first-order valence-electron chi connectivity index (χ1n) is 8.12. The number of ketones is 1. The molecular weight excluding hydrogens is 264 g/mol. The van der Waals surface area contributed by atoms with Crippen LogP contribution in [0, 0.1) is 17.3 Å². The molecular formula is C18H22O3. The number of ether oxygens (including phenoxy) is 1. The normalized spacial score (nSPS) is 45.0. The Kier molecular flexibility index (Phi) is 2.59. The summed E-state index contributed by atoms with van der Waals surface area (Å²) in [5.74, 6) is 1.24. The van der Waals surface area contributed by atoms with Crippen LogP contribution in [0.5, 0.6) is 0 Å².